The Bertz CT molecular complexity index is 1300. The van der Waals surface area contributed by atoms with Crippen molar-refractivity contribution in [2.75, 3.05) is 38.7 Å². The van der Waals surface area contributed by atoms with Gasteiger partial charge in [-0.3, -0.25) is 4.68 Å². The van der Waals surface area contributed by atoms with E-state index >= 15 is 0 Å². The van der Waals surface area contributed by atoms with E-state index in [2.05, 4.69) is 25.3 Å². The maximum absolute atomic E-state index is 13.5. The van der Waals surface area contributed by atoms with E-state index in [-0.39, 0.29) is 5.02 Å². The molecular formula is C25H26ClFN6O2. The molecule has 1 fully saturated rings. The average Bonchev–Trinajstić information content (AvgIpc) is 3.56. The zero-order chi connectivity index (χ0) is 24.2. The highest BCUT2D eigenvalue weighted by molar-refractivity contribution is 6.31. The van der Waals surface area contributed by atoms with E-state index in [4.69, 9.17) is 21.1 Å². The molecule has 0 radical (unpaired) electrons. The Labute approximate surface area is 207 Å². The van der Waals surface area contributed by atoms with E-state index in [9.17, 15) is 4.39 Å². The van der Waals surface area contributed by atoms with Crippen molar-refractivity contribution in [1.29, 1.82) is 0 Å². The predicted octanol–water partition coefficient (Wildman–Crippen LogP) is 5.09. The van der Waals surface area contributed by atoms with Crippen molar-refractivity contribution in [3.05, 3.63) is 66.0 Å². The minimum absolute atomic E-state index is 0.0352. The molecule has 1 aliphatic rings. The van der Waals surface area contributed by atoms with Gasteiger partial charge in [0.05, 0.1) is 30.3 Å². The van der Waals surface area contributed by atoms with Crippen LogP contribution in [0, 0.1) is 5.82 Å². The number of benzene rings is 2. The van der Waals surface area contributed by atoms with Crippen LogP contribution in [0.2, 0.25) is 5.02 Å². The molecule has 3 heterocycles. The average molecular weight is 497 g/mol. The van der Waals surface area contributed by atoms with Crippen LogP contribution in [0.25, 0.3) is 10.9 Å². The Morgan fingerprint density at radius 2 is 2.11 bits per heavy atom. The lowest BCUT2D eigenvalue weighted by Crippen LogP contribution is -2.24. The summed E-state index contributed by atoms with van der Waals surface area (Å²) in [7, 11) is 1.61. The van der Waals surface area contributed by atoms with Gasteiger partial charge in [-0.05, 0) is 43.2 Å². The zero-order valence-corrected chi connectivity index (χ0v) is 20.1. The minimum Gasteiger partial charge on any atom is -0.493 e. The third-order valence-corrected chi connectivity index (χ3v) is 6.42. The van der Waals surface area contributed by atoms with Crippen molar-refractivity contribution >= 4 is 34.0 Å². The number of nitrogens with one attached hydrogen (secondary N) is 1. The summed E-state index contributed by atoms with van der Waals surface area (Å²) in [5.41, 5.74) is 1.32. The summed E-state index contributed by atoms with van der Waals surface area (Å²) < 4.78 is 27.2. The molecular weight excluding hydrogens is 471 g/mol. The van der Waals surface area contributed by atoms with Gasteiger partial charge in [0.2, 0.25) is 0 Å². The van der Waals surface area contributed by atoms with Crippen LogP contribution >= 0.6 is 11.6 Å². The van der Waals surface area contributed by atoms with Crippen molar-refractivity contribution in [3.8, 4) is 11.5 Å². The first kappa shape index (κ1) is 23.3. The molecule has 8 nitrogen and oxygen atoms in total. The molecule has 10 heteroatoms. The van der Waals surface area contributed by atoms with Crippen LogP contribution in [0.1, 0.15) is 18.9 Å². The number of nitrogens with zero attached hydrogens (tertiary/aromatic N) is 5. The van der Waals surface area contributed by atoms with Gasteiger partial charge < -0.3 is 19.7 Å². The number of anilines is 2. The van der Waals surface area contributed by atoms with E-state index in [0.717, 1.165) is 37.9 Å². The second kappa shape index (κ2) is 10.5. The van der Waals surface area contributed by atoms with Gasteiger partial charge in [0.25, 0.3) is 0 Å². The summed E-state index contributed by atoms with van der Waals surface area (Å²) in [6, 6.07) is 10.5. The number of methoxy groups -OCH3 is 1. The molecule has 1 atom stereocenters. The van der Waals surface area contributed by atoms with E-state index in [0.29, 0.717) is 41.2 Å². The zero-order valence-electron chi connectivity index (χ0n) is 19.3. The third kappa shape index (κ3) is 5.31. The number of likely N-dealkylation sites (tertiary alicyclic amines) is 1. The summed E-state index contributed by atoms with van der Waals surface area (Å²) in [5, 5.41) is 8.34. The lowest BCUT2D eigenvalue weighted by molar-refractivity contribution is 0.250. The molecule has 0 saturated carbocycles. The van der Waals surface area contributed by atoms with E-state index in [1.54, 1.807) is 13.2 Å². The first-order chi connectivity index (χ1) is 17.1. The summed E-state index contributed by atoms with van der Waals surface area (Å²) in [5.74, 6) is 1.31. The summed E-state index contributed by atoms with van der Waals surface area (Å²) in [6.45, 7) is 3.56. The molecule has 1 aliphatic heterocycles. The van der Waals surface area contributed by atoms with Crippen LogP contribution in [0.15, 0.2) is 55.1 Å². The number of ether oxygens (including phenoxy) is 2. The first-order valence-corrected chi connectivity index (χ1v) is 11.9. The molecule has 1 unspecified atom stereocenters. The van der Waals surface area contributed by atoms with Crippen molar-refractivity contribution in [3.63, 3.8) is 0 Å². The van der Waals surface area contributed by atoms with Crippen LogP contribution in [-0.2, 0) is 0 Å². The molecule has 5 rings (SSSR count). The van der Waals surface area contributed by atoms with Crippen LogP contribution < -0.4 is 14.8 Å². The molecule has 0 amide bonds. The number of halogens is 2. The molecule has 2 aromatic heterocycles. The molecule has 2 aromatic carbocycles. The highest BCUT2D eigenvalue weighted by Crippen LogP contribution is 2.35. The van der Waals surface area contributed by atoms with E-state index in [1.165, 1.54) is 18.5 Å². The van der Waals surface area contributed by atoms with Gasteiger partial charge in [-0.1, -0.05) is 11.6 Å². The fourth-order valence-corrected chi connectivity index (χ4v) is 4.53. The SMILES string of the molecule is COc1cc2ncnc(Nc3ccc(F)c(Cl)c3)c2cc1OCCCN1CCC(n2cccn2)C1. The minimum atomic E-state index is -0.476. The van der Waals surface area contributed by atoms with Crippen molar-refractivity contribution in [2.24, 2.45) is 0 Å². The molecule has 0 spiro atoms. The van der Waals surface area contributed by atoms with Crippen LogP contribution in [0.5, 0.6) is 11.5 Å². The van der Waals surface area contributed by atoms with Crippen molar-refractivity contribution in [1.82, 2.24) is 24.6 Å². The lowest BCUT2D eigenvalue weighted by Gasteiger charge is -2.17. The smallest absolute Gasteiger partial charge is 0.162 e. The maximum Gasteiger partial charge on any atom is 0.162 e. The Balaban J connectivity index is 1.25. The molecule has 182 valence electrons. The molecule has 0 aliphatic carbocycles. The predicted molar refractivity (Wildman–Crippen MR) is 133 cm³/mol. The van der Waals surface area contributed by atoms with Gasteiger partial charge in [-0.25, -0.2) is 14.4 Å². The summed E-state index contributed by atoms with van der Waals surface area (Å²) in [4.78, 5) is 11.2. The highest BCUT2D eigenvalue weighted by atomic mass is 35.5. The summed E-state index contributed by atoms with van der Waals surface area (Å²) in [6.07, 6.45) is 7.31. The maximum atomic E-state index is 13.5. The molecule has 35 heavy (non-hydrogen) atoms. The highest BCUT2D eigenvalue weighted by Gasteiger charge is 2.23. The Morgan fingerprint density at radius 1 is 1.20 bits per heavy atom. The number of hydrogen-bond donors (Lipinski definition) is 1. The standard InChI is InChI=1S/C25H26ClFN6O2/c1-34-23-14-22-19(25(29-16-28-22)31-17-4-5-21(27)20(26)12-17)13-24(23)35-11-3-8-32-10-6-18(15-32)33-9-2-7-30-33/h2,4-5,7,9,12-14,16,18H,3,6,8,10-11,15H2,1H3,(H,28,29,31). The van der Waals surface area contributed by atoms with Gasteiger partial charge in [-0.15, -0.1) is 0 Å². The molecule has 0 bridgehead atoms. The van der Waals surface area contributed by atoms with E-state index in [1.807, 2.05) is 35.3 Å². The monoisotopic (exact) mass is 496 g/mol. The largest absolute Gasteiger partial charge is 0.493 e. The van der Waals surface area contributed by atoms with Gasteiger partial charge in [-0.2, -0.15) is 5.10 Å². The number of hydrogen-bond acceptors (Lipinski definition) is 7. The molecule has 1 saturated heterocycles. The van der Waals surface area contributed by atoms with Crippen molar-refractivity contribution in [2.45, 2.75) is 18.9 Å². The van der Waals surface area contributed by atoms with Crippen LogP contribution in [0.4, 0.5) is 15.9 Å². The Morgan fingerprint density at radius 3 is 2.91 bits per heavy atom. The Hall–Kier alpha value is -3.43. The summed E-state index contributed by atoms with van der Waals surface area (Å²) >= 11 is 5.92. The van der Waals surface area contributed by atoms with Gasteiger partial charge >= 0.3 is 0 Å². The lowest BCUT2D eigenvalue weighted by atomic mass is 10.2. The van der Waals surface area contributed by atoms with Gasteiger partial charge in [0.15, 0.2) is 11.5 Å². The topological polar surface area (TPSA) is 77.3 Å². The number of rotatable bonds is 9. The number of fused-ring (bicyclic) bond motifs is 1. The second-order valence-corrected chi connectivity index (χ2v) is 8.83. The van der Waals surface area contributed by atoms with Crippen molar-refractivity contribution < 1.29 is 13.9 Å². The van der Waals surface area contributed by atoms with E-state index < -0.39 is 5.82 Å². The molecule has 4 aromatic rings. The quantitative estimate of drug-likeness (QED) is 0.323. The van der Waals surface area contributed by atoms with Crippen LogP contribution in [-0.4, -0.2) is 58.0 Å². The fourth-order valence-electron chi connectivity index (χ4n) is 4.34. The number of aromatic nitrogens is 4. The fraction of sp³-hybridized carbons (Fsp3) is 0.320. The van der Waals surface area contributed by atoms with Crippen LogP contribution in [0.3, 0.4) is 0 Å². The van der Waals surface area contributed by atoms with Gasteiger partial charge in [0.1, 0.15) is 18.0 Å². The Kier molecular flexibility index (Phi) is 6.96. The normalized spacial score (nSPS) is 16.0. The third-order valence-electron chi connectivity index (χ3n) is 6.13. The second-order valence-electron chi connectivity index (χ2n) is 8.43. The van der Waals surface area contributed by atoms with Gasteiger partial charge in [0, 0.05) is 49.2 Å². The molecule has 1 N–H and O–H groups in total. The first-order valence-electron chi connectivity index (χ1n) is 11.5.